The minimum absolute atomic E-state index is 0.0657. The average molecular weight is 677 g/mol. The fraction of sp³-hybridized carbons (Fsp3) is 0.257. The monoisotopic (exact) mass is 675 g/mol. The summed E-state index contributed by atoms with van der Waals surface area (Å²) in [6.45, 7) is 4.16. The lowest BCUT2D eigenvalue weighted by Gasteiger charge is -2.34. The van der Waals surface area contributed by atoms with Crippen LogP contribution in [0.2, 0.25) is 0 Å². The van der Waals surface area contributed by atoms with E-state index in [-0.39, 0.29) is 23.8 Å². The fourth-order valence-corrected chi connectivity index (χ4v) is 6.64. The van der Waals surface area contributed by atoms with E-state index in [1.165, 1.54) is 17.0 Å². The van der Waals surface area contributed by atoms with Gasteiger partial charge in [0.2, 0.25) is 11.8 Å². The van der Waals surface area contributed by atoms with E-state index in [0.717, 1.165) is 33.8 Å². The predicted molar refractivity (Wildman–Crippen MR) is 179 cm³/mol. The number of hydrogen-bond donors (Lipinski definition) is 1. The van der Waals surface area contributed by atoms with Gasteiger partial charge < -0.3 is 10.2 Å². The van der Waals surface area contributed by atoms with Crippen LogP contribution in [0.3, 0.4) is 0 Å². The van der Waals surface area contributed by atoms with E-state index in [1.807, 2.05) is 68.4 Å². The molecule has 4 aromatic carbocycles. The van der Waals surface area contributed by atoms with Crippen molar-refractivity contribution in [3.63, 3.8) is 0 Å². The van der Waals surface area contributed by atoms with Gasteiger partial charge in [0, 0.05) is 24.0 Å². The largest absolute Gasteiger partial charge is 0.354 e. The maximum absolute atomic E-state index is 14.5. The predicted octanol–water partition coefficient (Wildman–Crippen LogP) is 6.51. The number of amides is 2. The van der Waals surface area contributed by atoms with E-state index in [0.29, 0.717) is 16.7 Å². The number of sulfonamides is 1. The molecule has 230 valence electrons. The molecule has 44 heavy (non-hydrogen) atoms. The van der Waals surface area contributed by atoms with E-state index < -0.39 is 28.5 Å². The molecule has 0 aromatic heterocycles. The first-order valence-corrected chi connectivity index (χ1v) is 16.9. The molecular weight excluding hydrogens is 638 g/mol. The average Bonchev–Trinajstić information content (AvgIpc) is 3.03. The first-order chi connectivity index (χ1) is 21.2. The van der Waals surface area contributed by atoms with Crippen molar-refractivity contribution in [1.82, 2.24) is 10.2 Å². The second-order valence-electron chi connectivity index (χ2n) is 10.7. The maximum Gasteiger partial charge on any atom is 0.264 e. The van der Waals surface area contributed by atoms with E-state index in [9.17, 15) is 18.0 Å². The molecule has 7 nitrogen and oxygen atoms in total. The number of unbranched alkanes of at least 4 members (excludes halogenated alkanes) is 1. The third-order valence-corrected chi connectivity index (χ3v) is 9.56. The number of hydrogen-bond acceptors (Lipinski definition) is 4. The van der Waals surface area contributed by atoms with Gasteiger partial charge in [0.05, 0.1) is 10.6 Å². The van der Waals surface area contributed by atoms with Crippen molar-refractivity contribution in [2.45, 2.75) is 50.6 Å². The number of carbonyl (C=O) groups is 2. The van der Waals surface area contributed by atoms with Gasteiger partial charge in [-0.25, -0.2) is 8.42 Å². The Labute approximate surface area is 269 Å². The first-order valence-electron chi connectivity index (χ1n) is 14.7. The van der Waals surface area contributed by atoms with Gasteiger partial charge in [0.1, 0.15) is 12.6 Å². The molecule has 1 N–H and O–H groups in total. The van der Waals surface area contributed by atoms with E-state index >= 15 is 0 Å². The molecule has 0 aliphatic carbocycles. The molecular formula is C35H38BrN3O4S. The van der Waals surface area contributed by atoms with Crippen LogP contribution in [0.25, 0.3) is 0 Å². The molecule has 4 rings (SSSR count). The molecule has 1 atom stereocenters. The second-order valence-corrected chi connectivity index (χ2v) is 13.4. The summed E-state index contributed by atoms with van der Waals surface area (Å²) in [5, 5.41) is 3.01. The highest BCUT2D eigenvalue weighted by Crippen LogP contribution is 2.27. The summed E-state index contributed by atoms with van der Waals surface area (Å²) in [7, 11) is -4.14. The summed E-state index contributed by atoms with van der Waals surface area (Å²) in [4.78, 5) is 29.8. The van der Waals surface area contributed by atoms with Crippen molar-refractivity contribution in [2.24, 2.45) is 0 Å². The topological polar surface area (TPSA) is 86.8 Å². The zero-order valence-corrected chi connectivity index (χ0v) is 27.4. The zero-order valence-electron chi connectivity index (χ0n) is 25.0. The minimum atomic E-state index is -4.14. The lowest BCUT2D eigenvalue weighted by molar-refractivity contribution is -0.140. The van der Waals surface area contributed by atoms with Gasteiger partial charge in [0.15, 0.2) is 0 Å². The smallest absolute Gasteiger partial charge is 0.264 e. The van der Waals surface area contributed by atoms with Crippen molar-refractivity contribution in [3.8, 4) is 0 Å². The minimum Gasteiger partial charge on any atom is -0.354 e. The summed E-state index contributed by atoms with van der Waals surface area (Å²) in [5.74, 6) is -0.765. The highest BCUT2D eigenvalue weighted by Gasteiger charge is 2.34. The van der Waals surface area contributed by atoms with Crippen molar-refractivity contribution in [1.29, 1.82) is 0 Å². The number of nitrogens with one attached hydrogen (secondary N) is 1. The van der Waals surface area contributed by atoms with Gasteiger partial charge in [-0.05, 0) is 54.8 Å². The summed E-state index contributed by atoms with van der Waals surface area (Å²) in [6, 6.07) is 31.3. The lowest BCUT2D eigenvalue weighted by Crippen LogP contribution is -2.53. The number of benzene rings is 4. The molecule has 4 aromatic rings. The standard InChI is InChI=1S/C35H38BrN3O4S/c1-3-4-22-37-35(41)33(23-28-12-7-5-8-13-28)38(25-29-20-18-27(2)19-21-29)34(40)26-39(31-15-11-14-30(36)24-31)44(42,43)32-16-9-6-10-17-32/h5-21,24,33H,3-4,22-23,25-26H2,1-2H3,(H,37,41)/t33-/m1/s1. The number of rotatable bonds is 14. The SMILES string of the molecule is CCCCNC(=O)[C@@H](Cc1ccccc1)N(Cc1ccc(C)cc1)C(=O)CN(c1cccc(Br)c1)S(=O)(=O)c1ccccc1. The summed E-state index contributed by atoms with van der Waals surface area (Å²) in [6.07, 6.45) is 2.00. The van der Waals surface area contributed by atoms with E-state index in [1.54, 1.807) is 42.5 Å². The highest BCUT2D eigenvalue weighted by atomic mass is 79.9. The van der Waals surface area contributed by atoms with Crippen LogP contribution in [0.4, 0.5) is 5.69 Å². The molecule has 0 unspecified atom stereocenters. The summed E-state index contributed by atoms with van der Waals surface area (Å²) < 4.78 is 29.8. The Morgan fingerprint density at radius 2 is 1.50 bits per heavy atom. The Hall–Kier alpha value is -3.95. The van der Waals surface area contributed by atoms with Crippen LogP contribution < -0.4 is 9.62 Å². The van der Waals surface area contributed by atoms with Crippen molar-refractivity contribution < 1.29 is 18.0 Å². The Kier molecular flexibility index (Phi) is 11.7. The first kappa shape index (κ1) is 33.0. The molecule has 0 spiro atoms. The Balaban J connectivity index is 1.78. The quantitative estimate of drug-likeness (QED) is 0.154. The third kappa shape index (κ3) is 8.80. The van der Waals surface area contributed by atoms with Crippen LogP contribution in [0, 0.1) is 6.92 Å². The number of carbonyl (C=O) groups excluding carboxylic acids is 2. The van der Waals surface area contributed by atoms with Crippen LogP contribution in [0.5, 0.6) is 0 Å². The molecule has 0 aliphatic rings. The van der Waals surface area contributed by atoms with Crippen molar-refractivity contribution >= 4 is 43.5 Å². The number of halogens is 1. The third-order valence-electron chi connectivity index (χ3n) is 7.28. The van der Waals surface area contributed by atoms with Crippen LogP contribution in [-0.2, 0) is 32.6 Å². The molecule has 0 aliphatic heterocycles. The molecule has 0 heterocycles. The summed E-state index contributed by atoms with van der Waals surface area (Å²) >= 11 is 3.44. The van der Waals surface area contributed by atoms with Gasteiger partial charge in [0.25, 0.3) is 10.0 Å². The highest BCUT2D eigenvalue weighted by molar-refractivity contribution is 9.10. The van der Waals surface area contributed by atoms with Gasteiger partial charge in [-0.15, -0.1) is 0 Å². The number of nitrogens with zero attached hydrogens (tertiary/aromatic N) is 2. The van der Waals surface area contributed by atoms with Crippen LogP contribution >= 0.6 is 15.9 Å². The molecule has 0 fully saturated rings. The molecule has 9 heteroatoms. The Bertz CT molecular complexity index is 1630. The van der Waals surface area contributed by atoms with Gasteiger partial charge in [-0.2, -0.15) is 0 Å². The Morgan fingerprint density at radius 1 is 0.841 bits per heavy atom. The van der Waals surface area contributed by atoms with Crippen LogP contribution in [0.15, 0.2) is 119 Å². The van der Waals surface area contributed by atoms with Crippen LogP contribution in [0.1, 0.15) is 36.5 Å². The maximum atomic E-state index is 14.5. The number of aryl methyl sites for hydroxylation is 1. The van der Waals surface area contributed by atoms with Crippen molar-refractivity contribution in [2.75, 3.05) is 17.4 Å². The zero-order chi connectivity index (χ0) is 31.5. The molecule has 0 saturated heterocycles. The van der Waals surface area contributed by atoms with Gasteiger partial charge >= 0.3 is 0 Å². The molecule has 0 saturated carbocycles. The fourth-order valence-electron chi connectivity index (χ4n) is 4.83. The molecule has 0 radical (unpaired) electrons. The van der Waals surface area contributed by atoms with Crippen LogP contribution in [-0.4, -0.2) is 44.3 Å². The van der Waals surface area contributed by atoms with Crippen molar-refractivity contribution in [3.05, 3.63) is 130 Å². The second kappa shape index (κ2) is 15.7. The lowest BCUT2D eigenvalue weighted by atomic mass is 10.0. The molecule has 0 bridgehead atoms. The summed E-state index contributed by atoms with van der Waals surface area (Å²) in [5.41, 5.74) is 3.13. The Morgan fingerprint density at radius 3 is 2.14 bits per heavy atom. The normalized spacial score (nSPS) is 11.9. The van der Waals surface area contributed by atoms with Gasteiger partial charge in [-0.3, -0.25) is 13.9 Å². The van der Waals surface area contributed by atoms with E-state index in [2.05, 4.69) is 21.2 Å². The van der Waals surface area contributed by atoms with Gasteiger partial charge in [-0.1, -0.05) is 114 Å². The van der Waals surface area contributed by atoms with E-state index in [4.69, 9.17) is 0 Å². The number of anilines is 1. The molecule has 2 amide bonds.